The van der Waals surface area contributed by atoms with Gasteiger partial charge in [0.25, 0.3) is 0 Å². The molecule has 1 heterocycles. The molecule has 22 heavy (non-hydrogen) atoms. The molecule has 1 amide bonds. The zero-order valence-electron chi connectivity index (χ0n) is 13.0. The Labute approximate surface area is 130 Å². The van der Waals surface area contributed by atoms with Crippen LogP contribution >= 0.6 is 0 Å². The highest BCUT2D eigenvalue weighted by Gasteiger charge is 2.38. The third-order valence-electron chi connectivity index (χ3n) is 4.36. The minimum absolute atomic E-state index is 0.00858. The molecular weight excluding hydrogens is 278 g/mol. The van der Waals surface area contributed by atoms with Crippen LogP contribution in [-0.4, -0.2) is 11.7 Å². The average Bonchev–Trinajstić information content (AvgIpc) is 2.64. The summed E-state index contributed by atoms with van der Waals surface area (Å²) < 4.78 is 0. The Bertz CT molecular complexity index is 662. The number of carbonyl (C=O) groups is 2. The highest BCUT2D eigenvalue weighted by molar-refractivity contribution is 6.06. The van der Waals surface area contributed by atoms with Crippen molar-refractivity contribution < 1.29 is 9.59 Å². The topological polar surface area (TPSA) is 70.2 Å². The zero-order valence-corrected chi connectivity index (χ0v) is 13.0. The summed E-state index contributed by atoms with van der Waals surface area (Å²) in [5.74, 6) is 0.151. The number of allylic oxidation sites excluding steroid dienone is 2. The van der Waals surface area contributed by atoms with E-state index in [0.717, 1.165) is 36.2 Å². The van der Waals surface area contributed by atoms with Gasteiger partial charge in [-0.3, -0.25) is 15.0 Å². The van der Waals surface area contributed by atoms with Gasteiger partial charge >= 0.3 is 0 Å². The Kier molecular flexibility index (Phi) is 3.64. The van der Waals surface area contributed by atoms with E-state index in [1.54, 1.807) is 0 Å². The van der Waals surface area contributed by atoms with Gasteiger partial charge in [-0.05, 0) is 56.9 Å². The van der Waals surface area contributed by atoms with Crippen LogP contribution < -0.4 is 16.2 Å². The number of hydrogen-bond donors (Lipinski definition) is 3. The molecule has 0 fully saturated rings. The molecule has 5 heteroatoms. The summed E-state index contributed by atoms with van der Waals surface area (Å²) in [6.07, 6.45) is 5.46. The molecular formula is C17H21N3O2. The monoisotopic (exact) mass is 299 g/mol. The standard InChI is InChI=1S/C17H21N3O2/c1-17(2)12-10-11(8-9-13(12)18-16(17)22)19-20-14-6-4-3-5-7-15(14)21/h6,8-10,19-20H,3-5,7H2,1-2H3,(H,18,22). The summed E-state index contributed by atoms with van der Waals surface area (Å²) in [5.41, 5.74) is 8.83. The first-order valence-corrected chi connectivity index (χ1v) is 7.70. The highest BCUT2D eigenvalue weighted by Crippen LogP contribution is 2.38. The number of amides is 1. The van der Waals surface area contributed by atoms with Gasteiger partial charge in [0, 0.05) is 12.1 Å². The van der Waals surface area contributed by atoms with Crippen LogP contribution in [-0.2, 0) is 15.0 Å². The number of anilines is 2. The van der Waals surface area contributed by atoms with E-state index in [4.69, 9.17) is 0 Å². The largest absolute Gasteiger partial charge is 0.325 e. The first-order valence-electron chi connectivity index (χ1n) is 7.70. The lowest BCUT2D eigenvalue weighted by Crippen LogP contribution is -2.27. The van der Waals surface area contributed by atoms with E-state index in [9.17, 15) is 9.59 Å². The van der Waals surface area contributed by atoms with Gasteiger partial charge in [-0.2, -0.15) is 0 Å². The van der Waals surface area contributed by atoms with Crippen molar-refractivity contribution in [1.29, 1.82) is 0 Å². The summed E-state index contributed by atoms with van der Waals surface area (Å²) in [4.78, 5) is 23.9. The molecule has 0 atom stereocenters. The van der Waals surface area contributed by atoms with E-state index in [1.165, 1.54) is 0 Å². The van der Waals surface area contributed by atoms with E-state index in [-0.39, 0.29) is 11.7 Å². The van der Waals surface area contributed by atoms with Crippen molar-refractivity contribution in [2.45, 2.75) is 44.9 Å². The van der Waals surface area contributed by atoms with Crippen LogP contribution in [0.2, 0.25) is 0 Å². The first kappa shape index (κ1) is 14.6. The Morgan fingerprint density at radius 3 is 2.77 bits per heavy atom. The quantitative estimate of drug-likeness (QED) is 0.751. The predicted molar refractivity (Wildman–Crippen MR) is 86.4 cm³/mol. The third-order valence-corrected chi connectivity index (χ3v) is 4.36. The highest BCUT2D eigenvalue weighted by atomic mass is 16.2. The number of benzene rings is 1. The van der Waals surface area contributed by atoms with Gasteiger partial charge in [0.05, 0.1) is 16.8 Å². The zero-order chi connectivity index (χ0) is 15.7. The lowest BCUT2D eigenvalue weighted by atomic mass is 9.86. The number of hydrogen-bond acceptors (Lipinski definition) is 4. The van der Waals surface area contributed by atoms with E-state index in [2.05, 4.69) is 16.2 Å². The van der Waals surface area contributed by atoms with Crippen molar-refractivity contribution in [1.82, 2.24) is 5.43 Å². The van der Waals surface area contributed by atoms with E-state index >= 15 is 0 Å². The van der Waals surface area contributed by atoms with Crippen molar-refractivity contribution in [2.75, 3.05) is 10.7 Å². The number of hydrazine groups is 1. The number of Topliss-reactive ketones (excluding diaryl/α,β-unsaturated/α-hetero) is 1. The molecule has 116 valence electrons. The Morgan fingerprint density at radius 2 is 1.95 bits per heavy atom. The Morgan fingerprint density at radius 1 is 1.14 bits per heavy atom. The van der Waals surface area contributed by atoms with Crippen molar-refractivity contribution in [3.05, 3.63) is 35.5 Å². The first-order chi connectivity index (χ1) is 10.5. The van der Waals surface area contributed by atoms with Crippen LogP contribution in [0.3, 0.4) is 0 Å². The van der Waals surface area contributed by atoms with Gasteiger partial charge in [-0.15, -0.1) is 0 Å². The second-order valence-corrected chi connectivity index (χ2v) is 6.38. The van der Waals surface area contributed by atoms with Crippen molar-refractivity contribution in [3.8, 4) is 0 Å². The third kappa shape index (κ3) is 2.58. The molecule has 0 unspecified atom stereocenters. The van der Waals surface area contributed by atoms with Crippen molar-refractivity contribution >= 4 is 23.1 Å². The summed E-state index contributed by atoms with van der Waals surface area (Å²) in [6, 6.07) is 5.71. The molecule has 3 rings (SSSR count). The fourth-order valence-electron chi connectivity index (χ4n) is 2.83. The molecule has 2 aliphatic rings. The molecule has 1 aliphatic carbocycles. The Hall–Kier alpha value is -2.30. The smallest absolute Gasteiger partial charge is 0.234 e. The van der Waals surface area contributed by atoms with Gasteiger partial charge in [-0.25, -0.2) is 0 Å². The summed E-state index contributed by atoms with van der Waals surface area (Å²) in [5, 5.41) is 2.88. The number of rotatable bonds is 3. The maximum Gasteiger partial charge on any atom is 0.234 e. The van der Waals surface area contributed by atoms with Crippen LogP contribution in [0.4, 0.5) is 11.4 Å². The van der Waals surface area contributed by atoms with E-state index in [0.29, 0.717) is 12.1 Å². The van der Waals surface area contributed by atoms with Gasteiger partial charge in [0.15, 0.2) is 5.78 Å². The number of carbonyl (C=O) groups excluding carboxylic acids is 2. The number of fused-ring (bicyclic) bond motifs is 1. The predicted octanol–water partition coefficient (Wildman–Crippen LogP) is 2.86. The molecule has 1 aromatic carbocycles. The molecule has 0 aromatic heterocycles. The van der Waals surface area contributed by atoms with E-state index in [1.807, 2.05) is 38.1 Å². The SMILES string of the molecule is CC1(C)C(=O)Nc2ccc(NNC3=CCCCCC3=O)cc21. The van der Waals surface area contributed by atoms with Crippen molar-refractivity contribution in [3.63, 3.8) is 0 Å². The molecule has 0 radical (unpaired) electrons. The van der Waals surface area contributed by atoms with Crippen molar-refractivity contribution in [2.24, 2.45) is 0 Å². The average molecular weight is 299 g/mol. The lowest BCUT2D eigenvalue weighted by Gasteiger charge is -2.17. The normalized spacial score (nSPS) is 19.8. The lowest BCUT2D eigenvalue weighted by molar-refractivity contribution is -0.119. The van der Waals surface area contributed by atoms with Crippen LogP contribution in [0, 0.1) is 0 Å². The molecule has 3 N–H and O–H groups in total. The van der Waals surface area contributed by atoms with Crippen LogP contribution in [0.25, 0.3) is 0 Å². The van der Waals surface area contributed by atoms with Gasteiger partial charge in [-0.1, -0.05) is 6.08 Å². The molecule has 0 saturated carbocycles. The van der Waals surface area contributed by atoms with Gasteiger partial charge in [0.2, 0.25) is 5.91 Å². The van der Waals surface area contributed by atoms with Gasteiger partial charge < -0.3 is 10.7 Å². The minimum atomic E-state index is -0.537. The molecule has 5 nitrogen and oxygen atoms in total. The molecule has 1 aromatic rings. The van der Waals surface area contributed by atoms with Gasteiger partial charge in [0.1, 0.15) is 0 Å². The number of ketones is 1. The number of nitrogens with one attached hydrogen (secondary N) is 3. The fraction of sp³-hybridized carbons (Fsp3) is 0.412. The maximum atomic E-state index is 11.9. The molecule has 0 saturated heterocycles. The second kappa shape index (κ2) is 5.48. The molecule has 1 aliphatic heterocycles. The molecule has 0 bridgehead atoms. The summed E-state index contributed by atoms with van der Waals surface area (Å²) in [7, 11) is 0. The van der Waals surface area contributed by atoms with Crippen LogP contribution in [0.5, 0.6) is 0 Å². The molecule has 0 spiro atoms. The summed E-state index contributed by atoms with van der Waals surface area (Å²) >= 11 is 0. The minimum Gasteiger partial charge on any atom is -0.325 e. The van der Waals surface area contributed by atoms with Crippen LogP contribution in [0.1, 0.15) is 45.1 Å². The fourth-order valence-corrected chi connectivity index (χ4v) is 2.83. The van der Waals surface area contributed by atoms with Crippen LogP contribution in [0.15, 0.2) is 30.0 Å². The maximum absolute atomic E-state index is 11.9. The van der Waals surface area contributed by atoms with E-state index < -0.39 is 5.41 Å². The summed E-state index contributed by atoms with van der Waals surface area (Å²) in [6.45, 7) is 3.81. The Balaban J connectivity index is 1.75. The second-order valence-electron chi connectivity index (χ2n) is 6.38.